The van der Waals surface area contributed by atoms with Gasteiger partial charge < -0.3 is 9.88 Å². The van der Waals surface area contributed by atoms with Gasteiger partial charge in [0.25, 0.3) is 0 Å². The fourth-order valence-electron chi connectivity index (χ4n) is 2.42. The monoisotopic (exact) mass is 382 g/mol. The highest BCUT2D eigenvalue weighted by molar-refractivity contribution is 7.86. The molecule has 0 aliphatic carbocycles. The fraction of sp³-hybridized carbons (Fsp3) is 0.471. The highest BCUT2D eigenvalue weighted by atomic mass is 35.5. The van der Waals surface area contributed by atoms with Crippen molar-refractivity contribution in [2.24, 2.45) is 7.05 Å². The Morgan fingerprint density at radius 3 is 2.28 bits per heavy atom. The van der Waals surface area contributed by atoms with Crippen LogP contribution in [0.5, 0.6) is 0 Å². The maximum absolute atomic E-state index is 12.7. The minimum atomic E-state index is -1.59. The summed E-state index contributed by atoms with van der Waals surface area (Å²) in [7, 11) is 0.182. The molecule has 1 N–H and O–H groups in total. The Morgan fingerprint density at radius 1 is 1.16 bits per heavy atom. The molecule has 0 fully saturated rings. The molecule has 0 aliphatic rings. The van der Waals surface area contributed by atoms with Crippen molar-refractivity contribution in [3.05, 3.63) is 40.7 Å². The summed E-state index contributed by atoms with van der Waals surface area (Å²) in [6.07, 6.45) is 0. The predicted molar refractivity (Wildman–Crippen MR) is 99.0 cm³/mol. The van der Waals surface area contributed by atoms with Crippen LogP contribution in [0.1, 0.15) is 51.0 Å². The van der Waals surface area contributed by atoms with Crippen molar-refractivity contribution in [2.45, 2.75) is 50.1 Å². The van der Waals surface area contributed by atoms with Gasteiger partial charge in [-0.2, -0.15) is 0 Å². The molecule has 2 aromatic rings. The van der Waals surface area contributed by atoms with E-state index in [1.807, 2.05) is 32.9 Å². The van der Waals surface area contributed by atoms with E-state index >= 15 is 0 Å². The van der Waals surface area contributed by atoms with E-state index in [0.717, 1.165) is 11.4 Å². The van der Waals surface area contributed by atoms with E-state index in [1.54, 1.807) is 30.7 Å². The van der Waals surface area contributed by atoms with E-state index in [1.165, 1.54) is 0 Å². The molecular weight excluding hydrogens is 360 g/mol. The Balaban J connectivity index is 2.08. The summed E-state index contributed by atoms with van der Waals surface area (Å²) in [5.41, 5.74) is 0.927. The van der Waals surface area contributed by atoms with Gasteiger partial charge in [-0.15, -0.1) is 10.2 Å². The van der Waals surface area contributed by atoms with Gasteiger partial charge in [0.2, 0.25) is 11.1 Å². The molecule has 1 heterocycles. The Hall–Kier alpha value is -1.73. The highest BCUT2D eigenvalue weighted by Crippen LogP contribution is 2.18. The molecule has 0 unspecified atom stereocenters. The van der Waals surface area contributed by atoms with Crippen molar-refractivity contribution in [1.29, 1.82) is 0 Å². The number of hydrogen-bond acceptors (Lipinski definition) is 4. The number of nitrogens with zero attached hydrogens (tertiary/aromatic N) is 3. The third kappa shape index (κ3) is 4.46. The predicted octanol–water partition coefficient (Wildman–Crippen LogP) is 2.97. The summed E-state index contributed by atoms with van der Waals surface area (Å²) in [6, 6.07) is 7.04. The molecule has 1 aromatic carbocycles. The van der Waals surface area contributed by atoms with Crippen LogP contribution in [0.4, 0.5) is 0 Å². The number of carbonyl (C=O) groups excluding carboxylic acids is 1. The molecule has 25 heavy (non-hydrogen) atoms. The summed E-state index contributed by atoms with van der Waals surface area (Å²) >= 11 is 5.88. The molecule has 0 bridgehead atoms. The van der Waals surface area contributed by atoms with E-state index in [9.17, 15) is 9.00 Å². The maximum atomic E-state index is 12.7. The molecule has 0 radical (unpaired) electrons. The van der Waals surface area contributed by atoms with Crippen molar-refractivity contribution in [3.8, 4) is 0 Å². The number of halogens is 1. The standard InChI is InChI=1S/C17H23ClN4O2S/c1-10(2)15-20-21-17(22(15)5)25(24)12(4)16(23)19-11(3)13-6-8-14(18)9-7-13/h6-12H,1-5H3,(H,19,23)/t11-,12-,25+/m1/s1. The molecule has 136 valence electrons. The number of benzene rings is 1. The maximum Gasteiger partial charge on any atom is 0.236 e. The Bertz CT molecular complexity index is 773. The topological polar surface area (TPSA) is 76.9 Å². The molecular formula is C17H23ClN4O2S. The Labute approximate surface area is 155 Å². The van der Waals surface area contributed by atoms with Crippen LogP contribution < -0.4 is 5.32 Å². The second-order valence-corrected chi connectivity index (χ2v) is 8.38. The van der Waals surface area contributed by atoms with Crippen molar-refractivity contribution >= 4 is 28.3 Å². The minimum Gasteiger partial charge on any atom is -0.349 e. The van der Waals surface area contributed by atoms with Crippen LogP contribution in [0.3, 0.4) is 0 Å². The second kappa shape index (κ2) is 8.10. The average molecular weight is 383 g/mol. The zero-order valence-corrected chi connectivity index (χ0v) is 16.6. The quantitative estimate of drug-likeness (QED) is 0.833. The Morgan fingerprint density at radius 2 is 1.76 bits per heavy atom. The van der Waals surface area contributed by atoms with Gasteiger partial charge in [0.05, 0.1) is 6.04 Å². The highest BCUT2D eigenvalue weighted by Gasteiger charge is 2.27. The van der Waals surface area contributed by atoms with Gasteiger partial charge in [0, 0.05) is 18.0 Å². The van der Waals surface area contributed by atoms with Crippen LogP contribution in [0.2, 0.25) is 5.02 Å². The first kappa shape index (κ1) is 19.6. The van der Waals surface area contributed by atoms with Crippen LogP contribution in [-0.4, -0.2) is 30.1 Å². The summed E-state index contributed by atoms with van der Waals surface area (Å²) in [5, 5.41) is 11.2. The van der Waals surface area contributed by atoms with Gasteiger partial charge in [-0.1, -0.05) is 37.6 Å². The summed E-state index contributed by atoms with van der Waals surface area (Å²) in [5.74, 6) is 0.609. The molecule has 2 rings (SSSR count). The van der Waals surface area contributed by atoms with E-state index in [0.29, 0.717) is 10.2 Å². The van der Waals surface area contributed by atoms with Crippen LogP contribution in [-0.2, 0) is 22.6 Å². The van der Waals surface area contributed by atoms with Gasteiger partial charge >= 0.3 is 0 Å². The molecule has 3 atom stereocenters. The van der Waals surface area contributed by atoms with Crippen LogP contribution in [0, 0.1) is 0 Å². The van der Waals surface area contributed by atoms with E-state index in [2.05, 4.69) is 15.5 Å². The molecule has 0 aliphatic heterocycles. The van der Waals surface area contributed by atoms with Crippen molar-refractivity contribution in [2.75, 3.05) is 0 Å². The smallest absolute Gasteiger partial charge is 0.236 e. The van der Waals surface area contributed by atoms with Gasteiger partial charge in [-0.3, -0.25) is 9.00 Å². The zero-order valence-electron chi connectivity index (χ0n) is 15.0. The lowest BCUT2D eigenvalue weighted by atomic mass is 10.1. The van der Waals surface area contributed by atoms with E-state index < -0.39 is 16.0 Å². The van der Waals surface area contributed by atoms with Gasteiger partial charge in [0.15, 0.2) is 0 Å². The van der Waals surface area contributed by atoms with Crippen LogP contribution >= 0.6 is 11.6 Å². The number of hydrogen-bond donors (Lipinski definition) is 1. The van der Waals surface area contributed by atoms with Gasteiger partial charge in [-0.05, 0) is 31.5 Å². The van der Waals surface area contributed by atoms with Gasteiger partial charge in [-0.25, -0.2) is 0 Å². The molecule has 0 saturated heterocycles. The second-order valence-electron chi connectivity index (χ2n) is 6.28. The van der Waals surface area contributed by atoms with Crippen LogP contribution in [0.25, 0.3) is 0 Å². The number of amides is 1. The number of rotatable bonds is 6. The lowest BCUT2D eigenvalue weighted by Crippen LogP contribution is -2.37. The molecule has 1 amide bonds. The van der Waals surface area contributed by atoms with Crippen molar-refractivity contribution in [3.63, 3.8) is 0 Å². The van der Waals surface area contributed by atoms with E-state index in [4.69, 9.17) is 11.6 Å². The first-order valence-electron chi connectivity index (χ1n) is 8.08. The molecule has 6 nitrogen and oxygen atoms in total. The number of aromatic nitrogens is 3. The normalized spacial score (nSPS) is 15.0. The lowest BCUT2D eigenvalue weighted by molar-refractivity contribution is -0.121. The molecule has 0 spiro atoms. The van der Waals surface area contributed by atoms with Crippen LogP contribution in [0.15, 0.2) is 29.4 Å². The number of nitrogens with one attached hydrogen (secondary N) is 1. The first-order chi connectivity index (χ1) is 11.7. The Kier molecular flexibility index (Phi) is 6.35. The largest absolute Gasteiger partial charge is 0.349 e. The molecule has 0 saturated carbocycles. The van der Waals surface area contributed by atoms with Crippen molar-refractivity contribution in [1.82, 2.24) is 20.1 Å². The first-order valence-corrected chi connectivity index (χ1v) is 9.67. The fourth-order valence-corrected chi connectivity index (χ4v) is 3.61. The number of carbonyl (C=O) groups is 1. The minimum absolute atomic E-state index is 0.164. The van der Waals surface area contributed by atoms with E-state index in [-0.39, 0.29) is 17.9 Å². The SMILES string of the molecule is CC(C)c1nnc([S@@](=O)[C@H](C)C(=O)N[C@H](C)c2ccc(Cl)cc2)n1C. The summed E-state index contributed by atoms with van der Waals surface area (Å²) in [6.45, 7) is 7.47. The third-order valence-corrected chi connectivity index (χ3v) is 5.81. The lowest BCUT2D eigenvalue weighted by Gasteiger charge is -2.17. The third-order valence-electron chi connectivity index (χ3n) is 3.98. The zero-order chi connectivity index (χ0) is 18.7. The molecule has 1 aromatic heterocycles. The summed E-state index contributed by atoms with van der Waals surface area (Å²) in [4.78, 5) is 12.5. The van der Waals surface area contributed by atoms with Gasteiger partial charge in [0.1, 0.15) is 21.9 Å². The molecule has 8 heteroatoms. The summed E-state index contributed by atoms with van der Waals surface area (Å²) < 4.78 is 14.4. The average Bonchev–Trinajstić information content (AvgIpc) is 2.95. The van der Waals surface area contributed by atoms with Crippen molar-refractivity contribution < 1.29 is 9.00 Å².